The number of methoxy groups -OCH3 is 1. The maximum absolute atomic E-state index is 11.8. The molecule has 1 aromatic carbocycles. The lowest BCUT2D eigenvalue weighted by Gasteiger charge is -2.18. The van der Waals surface area contributed by atoms with Crippen molar-refractivity contribution in [3.63, 3.8) is 0 Å². The highest BCUT2D eigenvalue weighted by Gasteiger charge is 2.25. The van der Waals surface area contributed by atoms with E-state index in [2.05, 4.69) is 15.6 Å². The first kappa shape index (κ1) is 19.9. The summed E-state index contributed by atoms with van der Waals surface area (Å²) >= 11 is 0. The molecule has 2 rings (SSSR count). The van der Waals surface area contributed by atoms with Crippen molar-refractivity contribution >= 4 is 11.9 Å². The van der Waals surface area contributed by atoms with Gasteiger partial charge in [-0.15, -0.1) is 0 Å². The van der Waals surface area contributed by atoms with Crippen LogP contribution in [0, 0.1) is 0 Å². The molecule has 1 unspecified atom stereocenters. The highest BCUT2D eigenvalue weighted by Crippen LogP contribution is 2.16. The number of aliphatic imine (C=N–C) groups is 1. The molecular formula is C19H30N4O3. The molecule has 1 saturated heterocycles. The van der Waals surface area contributed by atoms with Crippen LogP contribution in [0.2, 0.25) is 0 Å². The number of ether oxygens (including phenoxy) is 2. The van der Waals surface area contributed by atoms with E-state index in [4.69, 9.17) is 9.47 Å². The first-order chi connectivity index (χ1) is 12.7. The van der Waals surface area contributed by atoms with Crippen molar-refractivity contribution in [2.24, 2.45) is 4.99 Å². The van der Waals surface area contributed by atoms with Crippen LogP contribution in [-0.4, -0.2) is 62.7 Å². The molecule has 1 aromatic rings. The molecule has 1 aliphatic heterocycles. The first-order valence-electron chi connectivity index (χ1n) is 9.25. The lowest BCUT2D eigenvalue weighted by Crippen LogP contribution is -2.45. The van der Waals surface area contributed by atoms with Crippen molar-refractivity contribution in [3.8, 4) is 11.5 Å². The summed E-state index contributed by atoms with van der Waals surface area (Å²) < 4.78 is 10.8. The Bertz CT molecular complexity index is 589. The fourth-order valence-electron chi connectivity index (χ4n) is 2.83. The molecule has 26 heavy (non-hydrogen) atoms. The number of rotatable bonds is 8. The molecule has 0 saturated carbocycles. The molecule has 1 heterocycles. The minimum Gasteiger partial charge on any atom is -0.497 e. The van der Waals surface area contributed by atoms with Crippen LogP contribution in [0.3, 0.4) is 0 Å². The minimum atomic E-state index is 0.212. The van der Waals surface area contributed by atoms with E-state index < -0.39 is 0 Å². The van der Waals surface area contributed by atoms with Gasteiger partial charge in [0.05, 0.1) is 13.7 Å². The Morgan fingerprint density at radius 2 is 2.00 bits per heavy atom. The van der Waals surface area contributed by atoms with Gasteiger partial charge in [0.1, 0.15) is 18.1 Å². The Morgan fingerprint density at radius 3 is 2.65 bits per heavy atom. The molecule has 1 fully saturated rings. The number of likely N-dealkylation sites (tertiary alicyclic amines) is 1. The van der Waals surface area contributed by atoms with E-state index in [9.17, 15) is 4.79 Å². The molecule has 7 nitrogen and oxygen atoms in total. The van der Waals surface area contributed by atoms with Crippen molar-refractivity contribution in [2.45, 2.75) is 32.7 Å². The molecule has 0 aromatic heterocycles. The van der Waals surface area contributed by atoms with Crippen LogP contribution in [0.1, 0.15) is 26.7 Å². The monoisotopic (exact) mass is 362 g/mol. The van der Waals surface area contributed by atoms with Crippen LogP contribution in [0.4, 0.5) is 0 Å². The zero-order chi connectivity index (χ0) is 18.8. The summed E-state index contributed by atoms with van der Waals surface area (Å²) in [5.74, 6) is 2.58. The maximum Gasteiger partial charge on any atom is 0.222 e. The van der Waals surface area contributed by atoms with Gasteiger partial charge >= 0.3 is 0 Å². The van der Waals surface area contributed by atoms with Gasteiger partial charge in [-0.2, -0.15) is 0 Å². The summed E-state index contributed by atoms with van der Waals surface area (Å²) in [6.45, 7) is 7.31. The second kappa shape index (κ2) is 10.5. The van der Waals surface area contributed by atoms with Gasteiger partial charge in [0.2, 0.25) is 5.91 Å². The Labute approximate surface area is 155 Å². The Morgan fingerprint density at radius 1 is 1.27 bits per heavy atom. The van der Waals surface area contributed by atoms with Crippen LogP contribution >= 0.6 is 0 Å². The molecule has 0 spiro atoms. The van der Waals surface area contributed by atoms with Gasteiger partial charge in [0, 0.05) is 32.1 Å². The summed E-state index contributed by atoms with van der Waals surface area (Å²) in [6.07, 6.45) is 1.50. The van der Waals surface area contributed by atoms with E-state index >= 15 is 0 Å². The lowest BCUT2D eigenvalue weighted by atomic mass is 10.3. The molecule has 1 amide bonds. The van der Waals surface area contributed by atoms with E-state index in [1.807, 2.05) is 43.0 Å². The van der Waals surface area contributed by atoms with E-state index in [1.165, 1.54) is 0 Å². The fourth-order valence-corrected chi connectivity index (χ4v) is 2.83. The zero-order valence-corrected chi connectivity index (χ0v) is 16.0. The average molecular weight is 362 g/mol. The number of nitrogens with one attached hydrogen (secondary N) is 2. The van der Waals surface area contributed by atoms with E-state index in [0.29, 0.717) is 19.6 Å². The van der Waals surface area contributed by atoms with Gasteiger partial charge in [0.25, 0.3) is 0 Å². The van der Waals surface area contributed by atoms with Crippen molar-refractivity contribution in [1.29, 1.82) is 0 Å². The van der Waals surface area contributed by atoms with E-state index in [1.54, 1.807) is 7.11 Å². The second-order valence-electron chi connectivity index (χ2n) is 6.11. The molecule has 0 bridgehead atoms. The number of carbonyl (C=O) groups is 1. The molecule has 1 atom stereocenters. The van der Waals surface area contributed by atoms with Crippen LogP contribution in [-0.2, 0) is 4.79 Å². The van der Waals surface area contributed by atoms with Crippen molar-refractivity contribution in [2.75, 3.05) is 39.9 Å². The summed E-state index contributed by atoms with van der Waals surface area (Å²) in [7, 11) is 1.64. The number of carbonyl (C=O) groups excluding carboxylic acids is 1. The third-order valence-corrected chi connectivity index (χ3v) is 4.22. The van der Waals surface area contributed by atoms with Gasteiger partial charge in [-0.3, -0.25) is 4.79 Å². The second-order valence-corrected chi connectivity index (χ2v) is 6.11. The molecule has 0 radical (unpaired) electrons. The smallest absolute Gasteiger partial charge is 0.222 e. The van der Waals surface area contributed by atoms with Gasteiger partial charge < -0.3 is 25.0 Å². The number of benzene rings is 1. The van der Waals surface area contributed by atoms with Gasteiger partial charge in [-0.05, 0) is 37.6 Å². The number of hydrogen-bond donors (Lipinski definition) is 2. The van der Waals surface area contributed by atoms with E-state index in [-0.39, 0.29) is 11.9 Å². The van der Waals surface area contributed by atoms with E-state index in [0.717, 1.165) is 43.5 Å². The molecule has 1 aliphatic rings. The molecule has 0 aliphatic carbocycles. The molecule has 144 valence electrons. The maximum atomic E-state index is 11.8. The normalized spacial score (nSPS) is 17.1. The Hall–Kier alpha value is -2.44. The quantitative estimate of drug-likeness (QED) is 0.418. The number of guanidine groups is 1. The molecule has 7 heteroatoms. The topological polar surface area (TPSA) is 75.2 Å². The SMILES string of the molecule is CCNC(=NCCOc1ccc(OC)cc1)NC1CCN(C(=O)CC)C1. The van der Waals surface area contributed by atoms with Crippen molar-refractivity contribution < 1.29 is 14.3 Å². The lowest BCUT2D eigenvalue weighted by molar-refractivity contribution is -0.129. The standard InChI is InChI=1S/C19H30N4O3/c1-4-18(24)23-12-10-15(14-23)22-19(20-5-2)21-11-13-26-17-8-6-16(25-3)7-9-17/h6-9,15H,4-5,10-14H2,1-3H3,(H2,20,21,22). The number of hydrogen-bond acceptors (Lipinski definition) is 4. The summed E-state index contributed by atoms with van der Waals surface area (Å²) in [4.78, 5) is 18.3. The predicted molar refractivity (Wildman–Crippen MR) is 103 cm³/mol. The van der Waals surface area contributed by atoms with Crippen LogP contribution in [0.15, 0.2) is 29.3 Å². The highest BCUT2D eigenvalue weighted by molar-refractivity contribution is 5.80. The zero-order valence-electron chi connectivity index (χ0n) is 16.0. The fraction of sp³-hybridized carbons (Fsp3) is 0.579. The van der Waals surface area contributed by atoms with Crippen LogP contribution in [0.25, 0.3) is 0 Å². The third kappa shape index (κ3) is 6.13. The number of nitrogens with zero attached hydrogens (tertiary/aromatic N) is 2. The van der Waals surface area contributed by atoms with Gasteiger partial charge in [-0.1, -0.05) is 6.92 Å². The summed E-state index contributed by atoms with van der Waals surface area (Å²) in [5.41, 5.74) is 0. The van der Waals surface area contributed by atoms with Crippen molar-refractivity contribution in [1.82, 2.24) is 15.5 Å². The molecular weight excluding hydrogens is 332 g/mol. The average Bonchev–Trinajstić information content (AvgIpc) is 3.13. The molecule has 2 N–H and O–H groups in total. The van der Waals surface area contributed by atoms with Crippen molar-refractivity contribution in [3.05, 3.63) is 24.3 Å². The van der Waals surface area contributed by atoms with Gasteiger partial charge in [-0.25, -0.2) is 4.99 Å². The largest absolute Gasteiger partial charge is 0.497 e. The summed E-state index contributed by atoms with van der Waals surface area (Å²) in [6, 6.07) is 7.74. The van der Waals surface area contributed by atoms with Crippen LogP contribution < -0.4 is 20.1 Å². The van der Waals surface area contributed by atoms with Gasteiger partial charge in [0.15, 0.2) is 5.96 Å². The highest BCUT2D eigenvalue weighted by atomic mass is 16.5. The summed E-state index contributed by atoms with van der Waals surface area (Å²) in [5, 5.41) is 6.66. The third-order valence-electron chi connectivity index (χ3n) is 4.22. The Kier molecular flexibility index (Phi) is 8.05. The van der Waals surface area contributed by atoms with Crippen LogP contribution in [0.5, 0.6) is 11.5 Å². The number of amides is 1. The minimum absolute atomic E-state index is 0.212. The Balaban J connectivity index is 1.78. The first-order valence-corrected chi connectivity index (χ1v) is 9.25. The predicted octanol–water partition coefficient (Wildman–Crippen LogP) is 1.64.